The zero-order valence-electron chi connectivity index (χ0n) is 14.0. The van der Waals surface area contributed by atoms with Crippen LogP contribution in [0.5, 0.6) is 0 Å². The Bertz CT molecular complexity index is 437. The van der Waals surface area contributed by atoms with Crippen LogP contribution in [0.3, 0.4) is 0 Å². The molecule has 4 nitrogen and oxygen atoms in total. The van der Waals surface area contributed by atoms with Crippen molar-refractivity contribution in [2.75, 3.05) is 52.4 Å². The highest BCUT2D eigenvalue weighted by atomic mass is 16.2. The number of piperazine rings is 1. The van der Waals surface area contributed by atoms with Crippen LogP contribution in [0, 0.1) is 0 Å². The minimum absolute atomic E-state index is 0.266. The fourth-order valence-corrected chi connectivity index (χ4v) is 2.97. The predicted octanol–water partition coefficient (Wildman–Crippen LogP) is 1.72. The maximum absolute atomic E-state index is 12.1. The Morgan fingerprint density at radius 1 is 1.00 bits per heavy atom. The molecule has 1 aromatic carbocycles. The van der Waals surface area contributed by atoms with Gasteiger partial charge in [-0.05, 0) is 25.8 Å². The van der Waals surface area contributed by atoms with Crippen molar-refractivity contribution in [1.82, 2.24) is 14.7 Å². The maximum atomic E-state index is 12.1. The molecule has 1 aliphatic heterocycles. The second-order valence-corrected chi connectivity index (χ2v) is 5.92. The van der Waals surface area contributed by atoms with Crippen LogP contribution < -0.4 is 0 Å². The third kappa shape index (κ3) is 5.11. The monoisotopic (exact) mass is 303 g/mol. The molecule has 1 heterocycles. The lowest BCUT2D eigenvalue weighted by atomic mass is 10.1. The van der Waals surface area contributed by atoms with Crippen molar-refractivity contribution < 1.29 is 4.79 Å². The summed E-state index contributed by atoms with van der Waals surface area (Å²) in [5.74, 6) is 0.266. The summed E-state index contributed by atoms with van der Waals surface area (Å²) >= 11 is 0. The number of rotatable bonds is 7. The average molecular weight is 303 g/mol. The first-order valence-electron chi connectivity index (χ1n) is 8.49. The van der Waals surface area contributed by atoms with Gasteiger partial charge in [-0.3, -0.25) is 9.69 Å². The summed E-state index contributed by atoms with van der Waals surface area (Å²) in [5, 5.41) is 0. The smallest absolute Gasteiger partial charge is 0.236 e. The van der Waals surface area contributed by atoms with Gasteiger partial charge in [-0.15, -0.1) is 0 Å². The highest BCUT2D eigenvalue weighted by Crippen LogP contribution is 2.06. The molecule has 1 amide bonds. The van der Waals surface area contributed by atoms with Gasteiger partial charge < -0.3 is 9.80 Å². The lowest BCUT2D eigenvalue weighted by molar-refractivity contribution is -0.132. The van der Waals surface area contributed by atoms with Crippen molar-refractivity contribution >= 4 is 5.91 Å². The van der Waals surface area contributed by atoms with Crippen molar-refractivity contribution in [2.24, 2.45) is 0 Å². The average Bonchev–Trinajstić information content (AvgIpc) is 2.56. The molecule has 1 aromatic rings. The topological polar surface area (TPSA) is 26.8 Å². The van der Waals surface area contributed by atoms with Crippen molar-refractivity contribution in [2.45, 2.75) is 20.3 Å². The number of nitrogens with zero attached hydrogens (tertiary/aromatic N) is 3. The van der Waals surface area contributed by atoms with E-state index in [0.717, 1.165) is 52.2 Å². The molecule has 0 bridgehead atoms. The summed E-state index contributed by atoms with van der Waals surface area (Å²) in [4.78, 5) is 18.9. The largest absolute Gasteiger partial charge is 0.342 e. The van der Waals surface area contributed by atoms with Gasteiger partial charge in [0.15, 0.2) is 0 Å². The van der Waals surface area contributed by atoms with Gasteiger partial charge >= 0.3 is 0 Å². The third-order valence-electron chi connectivity index (χ3n) is 4.50. The molecular weight excluding hydrogens is 274 g/mol. The zero-order chi connectivity index (χ0) is 15.8. The van der Waals surface area contributed by atoms with Crippen LogP contribution in [0.2, 0.25) is 0 Å². The molecule has 0 radical (unpaired) electrons. The second-order valence-electron chi connectivity index (χ2n) is 5.92. The molecule has 0 spiro atoms. The van der Waals surface area contributed by atoms with E-state index in [9.17, 15) is 4.79 Å². The second kappa shape index (κ2) is 8.91. The van der Waals surface area contributed by atoms with Crippen LogP contribution in [0.1, 0.15) is 19.4 Å². The minimum atomic E-state index is 0.266. The number of hydrogen-bond donors (Lipinski definition) is 0. The molecular formula is C18H29N3O. The molecule has 0 saturated carbocycles. The molecule has 122 valence electrons. The Kier molecular flexibility index (Phi) is 6.87. The fraction of sp³-hybridized carbons (Fsp3) is 0.611. The van der Waals surface area contributed by atoms with Gasteiger partial charge in [0.2, 0.25) is 5.91 Å². The lowest BCUT2D eigenvalue weighted by Gasteiger charge is -2.35. The maximum Gasteiger partial charge on any atom is 0.236 e. The Morgan fingerprint density at radius 3 is 2.18 bits per heavy atom. The molecule has 22 heavy (non-hydrogen) atoms. The van der Waals surface area contributed by atoms with Gasteiger partial charge in [0.25, 0.3) is 0 Å². The number of carbonyl (C=O) groups is 1. The number of carbonyl (C=O) groups excluding carboxylic acids is 1. The Hall–Kier alpha value is -1.39. The van der Waals surface area contributed by atoms with Crippen molar-refractivity contribution in [3.63, 3.8) is 0 Å². The van der Waals surface area contributed by atoms with Crippen LogP contribution in [0.15, 0.2) is 30.3 Å². The van der Waals surface area contributed by atoms with Crippen LogP contribution >= 0.6 is 0 Å². The summed E-state index contributed by atoms with van der Waals surface area (Å²) < 4.78 is 0. The number of benzene rings is 1. The molecule has 0 aliphatic carbocycles. The zero-order valence-corrected chi connectivity index (χ0v) is 14.0. The summed E-state index contributed by atoms with van der Waals surface area (Å²) in [5.41, 5.74) is 1.40. The van der Waals surface area contributed by atoms with E-state index in [0.29, 0.717) is 6.54 Å². The van der Waals surface area contributed by atoms with E-state index in [1.165, 1.54) is 5.56 Å². The molecule has 0 N–H and O–H groups in total. The van der Waals surface area contributed by atoms with E-state index >= 15 is 0 Å². The van der Waals surface area contributed by atoms with E-state index in [4.69, 9.17) is 0 Å². The van der Waals surface area contributed by atoms with Gasteiger partial charge in [0, 0.05) is 45.8 Å². The Labute approximate surface area is 134 Å². The quantitative estimate of drug-likeness (QED) is 0.767. The van der Waals surface area contributed by atoms with Crippen LogP contribution in [-0.4, -0.2) is 73.0 Å². The molecule has 0 atom stereocenters. The van der Waals surface area contributed by atoms with Crippen LogP contribution in [-0.2, 0) is 11.2 Å². The molecule has 2 rings (SSSR count). The first kappa shape index (κ1) is 17.0. The summed E-state index contributed by atoms with van der Waals surface area (Å²) in [6.45, 7) is 11.5. The van der Waals surface area contributed by atoms with Crippen molar-refractivity contribution in [3.05, 3.63) is 35.9 Å². The number of hydrogen-bond acceptors (Lipinski definition) is 3. The molecule has 1 saturated heterocycles. The van der Waals surface area contributed by atoms with E-state index in [-0.39, 0.29) is 5.91 Å². The third-order valence-corrected chi connectivity index (χ3v) is 4.50. The van der Waals surface area contributed by atoms with E-state index in [1.54, 1.807) is 0 Å². The normalized spacial score (nSPS) is 16.6. The highest BCUT2D eigenvalue weighted by molar-refractivity contribution is 5.78. The molecule has 1 aliphatic rings. The van der Waals surface area contributed by atoms with E-state index < -0.39 is 0 Å². The molecule has 0 aromatic heterocycles. The van der Waals surface area contributed by atoms with Crippen LogP contribution in [0.4, 0.5) is 0 Å². The lowest BCUT2D eigenvalue weighted by Crippen LogP contribution is -2.50. The summed E-state index contributed by atoms with van der Waals surface area (Å²) in [6.07, 6.45) is 1.11. The van der Waals surface area contributed by atoms with Gasteiger partial charge in [0.05, 0.1) is 6.54 Å². The van der Waals surface area contributed by atoms with Gasteiger partial charge in [-0.2, -0.15) is 0 Å². The summed E-state index contributed by atoms with van der Waals surface area (Å²) in [7, 11) is 0. The van der Waals surface area contributed by atoms with E-state index in [2.05, 4.69) is 40.1 Å². The first-order chi connectivity index (χ1) is 10.7. The molecule has 4 heteroatoms. The highest BCUT2D eigenvalue weighted by Gasteiger charge is 2.20. The number of likely N-dealkylation sites (N-methyl/N-ethyl adjacent to an activating group) is 1. The molecule has 1 fully saturated rings. The van der Waals surface area contributed by atoms with Crippen molar-refractivity contribution in [3.8, 4) is 0 Å². The Morgan fingerprint density at radius 2 is 1.59 bits per heavy atom. The Balaban J connectivity index is 1.68. The first-order valence-corrected chi connectivity index (χ1v) is 8.49. The van der Waals surface area contributed by atoms with Gasteiger partial charge in [0.1, 0.15) is 0 Å². The van der Waals surface area contributed by atoms with Gasteiger partial charge in [-0.1, -0.05) is 30.3 Å². The van der Waals surface area contributed by atoms with Crippen molar-refractivity contribution in [1.29, 1.82) is 0 Å². The van der Waals surface area contributed by atoms with Crippen LogP contribution in [0.25, 0.3) is 0 Å². The summed E-state index contributed by atoms with van der Waals surface area (Å²) in [6, 6.07) is 10.7. The predicted molar refractivity (Wildman–Crippen MR) is 91.0 cm³/mol. The van der Waals surface area contributed by atoms with E-state index in [1.807, 2.05) is 18.7 Å². The minimum Gasteiger partial charge on any atom is -0.342 e. The standard InChI is InChI=1S/C18H29N3O/c1-3-21(4-2)18(22)16-20-14-12-19(13-15-20)11-10-17-8-6-5-7-9-17/h5-9H,3-4,10-16H2,1-2H3. The van der Waals surface area contributed by atoms with Gasteiger partial charge in [-0.25, -0.2) is 0 Å². The fourth-order valence-electron chi connectivity index (χ4n) is 2.97. The number of amides is 1. The molecule has 0 unspecified atom stereocenters. The SMILES string of the molecule is CCN(CC)C(=O)CN1CCN(CCc2ccccc2)CC1.